The van der Waals surface area contributed by atoms with E-state index in [9.17, 15) is 23.1 Å². The number of halogens is 3. The van der Waals surface area contributed by atoms with Gasteiger partial charge < -0.3 is 15.6 Å². The molecule has 0 bridgehead atoms. The van der Waals surface area contributed by atoms with Crippen molar-refractivity contribution >= 4 is 5.91 Å². The van der Waals surface area contributed by atoms with E-state index in [1.54, 1.807) is 24.3 Å². The van der Waals surface area contributed by atoms with Crippen molar-refractivity contribution < 1.29 is 38.2 Å². The number of ether oxygens (including phenoxy) is 1. The van der Waals surface area contributed by atoms with Gasteiger partial charge in [-0.3, -0.25) is 15.2 Å². The molecule has 1 aromatic heterocycles. The van der Waals surface area contributed by atoms with E-state index in [1.807, 2.05) is 0 Å². The molecule has 8 nitrogen and oxygen atoms in total. The van der Waals surface area contributed by atoms with Crippen molar-refractivity contribution in [2.45, 2.75) is 12.3 Å². The lowest BCUT2D eigenvalue weighted by molar-refractivity contribution is -0.315. The Morgan fingerprint density at radius 3 is 2.38 bits per heavy atom. The van der Waals surface area contributed by atoms with Crippen molar-refractivity contribution in [3.8, 4) is 22.8 Å². The van der Waals surface area contributed by atoms with Gasteiger partial charge in [0, 0.05) is 11.1 Å². The number of primary amides is 1. The summed E-state index contributed by atoms with van der Waals surface area (Å²) in [6, 6.07) is 13.5. The highest BCUT2D eigenvalue weighted by Gasteiger charge is 2.32. The van der Waals surface area contributed by atoms with Crippen LogP contribution in [-0.4, -0.2) is 38.2 Å². The molecule has 11 heteroatoms. The number of carbonyl (C=O) groups excluding carboxylic acids is 1. The fourth-order valence-corrected chi connectivity index (χ4v) is 2.88. The summed E-state index contributed by atoms with van der Waals surface area (Å²) in [5.41, 5.74) is 5.11. The van der Waals surface area contributed by atoms with Gasteiger partial charge in [-0.2, -0.15) is 13.2 Å². The van der Waals surface area contributed by atoms with Crippen LogP contribution in [0.1, 0.15) is 27.7 Å². The zero-order valence-corrected chi connectivity index (χ0v) is 16.3. The van der Waals surface area contributed by atoms with Crippen LogP contribution in [0.2, 0.25) is 0 Å². The maximum absolute atomic E-state index is 13.1. The van der Waals surface area contributed by atoms with Crippen molar-refractivity contribution in [1.29, 1.82) is 0 Å². The average molecular weight is 449 g/mol. The van der Waals surface area contributed by atoms with Crippen LogP contribution < -0.4 is 10.5 Å². The highest BCUT2D eigenvalue weighted by Crippen LogP contribution is 2.37. The van der Waals surface area contributed by atoms with E-state index in [1.165, 1.54) is 18.2 Å². The summed E-state index contributed by atoms with van der Waals surface area (Å²) in [5, 5.41) is 27.6. The normalized spacial score (nSPS) is 12.6. The predicted octanol–water partition coefficient (Wildman–Crippen LogP) is 3.77. The number of alkyl halides is 3. The zero-order valence-electron chi connectivity index (χ0n) is 16.3. The van der Waals surface area contributed by atoms with Crippen LogP contribution in [0.15, 0.2) is 60.7 Å². The van der Waals surface area contributed by atoms with E-state index in [2.05, 4.69) is 4.98 Å². The van der Waals surface area contributed by atoms with Gasteiger partial charge in [0.2, 0.25) is 0 Å². The molecule has 3 rings (SSSR count). The number of hydrogen-bond donors (Lipinski definition) is 4. The van der Waals surface area contributed by atoms with Crippen LogP contribution in [0.5, 0.6) is 11.5 Å². The third-order valence-electron chi connectivity index (χ3n) is 4.41. The van der Waals surface area contributed by atoms with E-state index in [-0.39, 0.29) is 28.0 Å². The Balaban J connectivity index is 1.89. The number of pyridine rings is 1. The van der Waals surface area contributed by atoms with Gasteiger partial charge in [-0.1, -0.05) is 11.3 Å². The highest BCUT2D eigenvalue weighted by atomic mass is 19.4. The number of aliphatic hydroxyl groups excluding tert-OH is 1. The van der Waals surface area contributed by atoms with E-state index in [0.717, 1.165) is 12.1 Å². The molecule has 0 saturated carbocycles. The molecule has 0 fully saturated rings. The number of amides is 1. The quantitative estimate of drug-likeness (QED) is 0.404. The molecule has 0 aliphatic carbocycles. The van der Waals surface area contributed by atoms with E-state index >= 15 is 0 Å². The van der Waals surface area contributed by atoms with Gasteiger partial charge in [-0.25, -0.2) is 4.98 Å². The number of carbonyl (C=O) groups is 1. The molecule has 5 N–H and O–H groups in total. The number of rotatable bonds is 7. The lowest BCUT2D eigenvalue weighted by atomic mass is 10.0. The first-order chi connectivity index (χ1) is 15.0. The Morgan fingerprint density at radius 2 is 1.78 bits per heavy atom. The van der Waals surface area contributed by atoms with Crippen LogP contribution >= 0.6 is 0 Å². The Morgan fingerprint density at radius 1 is 1.09 bits per heavy atom. The first-order valence-corrected chi connectivity index (χ1v) is 9.14. The lowest BCUT2D eigenvalue weighted by Gasteiger charge is -2.19. The van der Waals surface area contributed by atoms with Crippen molar-refractivity contribution in [3.63, 3.8) is 0 Å². The Hall–Kier alpha value is -3.51. The second-order valence-corrected chi connectivity index (χ2v) is 6.72. The minimum atomic E-state index is -4.67. The molecule has 168 valence electrons. The minimum absolute atomic E-state index is 0.0908. The maximum atomic E-state index is 13.1. The summed E-state index contributed by atoms with van der Waals surface area (Å²) >= 11 is 0. The van der Waals surface area contributed by atoms with Gasteiger partial charge in [0.15, 0.2) is 0 Å². The number of aromatic nitrogens is 1. The Labute approximate surface area is 179 Å². The third kappa shape index (κ3) is 5.59. The molecule has 3 aromatic rings. The Kier molecular flexibility index (Phi) is 6.75. The molecule has 0 aliphatic rings. The van der Waals surface area contributed by atoms with Crippen LogP contribution in [0.4, 0.5) is 13.2 Å². The van der Waals surface area contributed by atoms with E-state index < -0.39 is 30.3 Å². The number of hydrogen-bond acceptors (Lipinski definition) is 7. The van der Waals surface area contributed by atoms with Crippen LogP contribution in [0.25, 0.3) is 11.3 Å². The molecule has 0 radical (unpaired) electrons. The summed E-state index contributed by atoms with van der Waals surface area (Å²) in [6.45, 7) is -0.765. The topological polar surface area (TPSA) is 129 Å². The second-order valence-electron chi connectivity index (χ2n) is 6.72. The molecule has 1 heterocycles. The summed E-state index contributed by atoms with van der Waals surface area (Å²) in [4.78, 5) is 15.4. The van der Waals surface area contributed by atoms with Crippen molar-refractivity contribution in [1.82, 2.24) is 10.2 Å². The molecule has 32 heavy (non-hydrogen) atoms. The SMILES string of the molecule is NC(=O)c1cccc(-c2ccc(Oc3ccc(C(F)(F)F)cc3C(O)CN(O)O)cc2)n1. The molecule has 0 saturated heterocycles. The van der Waals surface area contributed by atoms with Gasteiger partial charge >= 0.3 is 6.18 Å². The number of nitrogens with zero attached hydrogens (tertiary/aromatic N) is 2. The smallest absolute Gasteiger partial charge is 0.416 e. The first kappa shape index (κ1) is 23.2. The molecule has 1 atom stereocenters. The zero-order chi connectivity index (χ0) is 23.5. The number of nitrogens with two attached hydrogens (primary N) is 1. The number of aliphatic hydroxyl groups is 1. The number of benzene rings is 2. The van der Waals surface area contributed by atoms with E-state index in [0.29, 0.717) is 17.3 Å². The molecule has 1 amide bonds. The highest BCUT2D eigenvalue weighted by molar-refractivity contribution is 5.91. The molecule has 0 spiro atoms. The van der Waals surface area contributed by atoms with Crippen LogP contribution in [0, 0.1) is 0 Å². The van der Waals surface area contributed by atoms with Gasteiger partial charge in [0.1, 0.15) is 23.3 Å². The van der Waals surface area contributed by atoms with Gasteiger partial charge in [0.25, 0.3) is 5.91 Å². The second kappa shape index (κ2) is 9.32. The molecular formula is C21H18F3N3O5. The van der Waals surface area contributed by atoms with Crippen molar-refractivity contribution in [3.05, 3.63) is 77.5 Å². The third-order valence-corrected chi connectivity index (χ3v) is 4.41. The lowest BCUT2D eigenvalue weighted by Crippen LogP contribution is -2.22. The first-order valence-electron chi connectivity index (χ1n) is 9.14. The standard InChI is InChI=1S/C21H18F3N3O5/c22-21(23,24)13-6-9-19(15(10-13)18(28)11-27(30)31)32-14-7-4-12(5-8-14)16-2-1-3-17(26-16)20(25)29/h1-10,18,28,30-31H,11H2,(H2,25,29). The van der Waals surface area contributed by atoms with Crippen LogP contribution in [-0.2, 0) is 6.18 Å². The number of hydroxylamine groups is 2. The largest absolute Gasteiger partial charge is 0.457 e. The summed E-state index contributed by atoms with van der Waals surface area (Å²) in [6.07, 6.45) is -6.35. The van der Waals surface area contributed by atoms with Gasteiger partial charge in [-0.05, 0) is 54.6 Å². The average Bonchev–Trinajstić information content (AvgIpc) is 2.73. The molecule has 0 aliphatic heterocycles. The fourth-order valence-electron chi connectivity index (χ4n) is 2.88. The Bertz CT molecular complexity index is 1100. The van der Waals surface area contributed by atoms with Gasteiger partial charge in [-0.15, -0.1) is 0 Å². The summed E-state index contributed by atoms with van der Waals surface area (Å²) in [5.74, 6) is -0.545. The van der Waals surface area contributed by atoms with E-state index in [4.69, 9.17) is 20.9 Å². The molecule has 1 unspecified atom stereocenters. The molecular weight excluding hydrogens is 431 g/mol. The van der Waals surface area contributed by atoms with Crippen LogP contribution in [0.3, 0.4) is 0 Å². The van der Waals surface area contributed by atoms with Gasteiger partial charge in [0.05, 0.1) is 17.8 Å². The molecule has 2 aromatic carbocycles. The van der Waals surface area contributed by atoms with Crippen molar-refractivity contribution in [2.24, 2.45) is 5.73 Å². The fraction of sp³-hybridized carbons (Fsp3) is 0.143. The van der Waals surface area contributed by atoms with Crippen molar-refractivity contribution in [2.75, 3.05) is 6.54 Å². The monoisotopic (exact) mass is 449 g/mol. The minimum Gasteiger partial charge on any atom is -0.457 e. The maximum Gasteiger partial charge on any atom is 0.416 e. The summed E-state index contributed by atoms with van der Waals surface area (Å²) in [7, 11) is 0. The predicted molar refractivity (Wildman–Crippen MR) is 105 cm³/mol. The summed E-state index contributed by atoms with van der Waals surface area (Å²) < 4.78 is 44.8.